The molecule has 0 spiro atoms. The summed E-state index contributed by atoms with van der Waals surface area (Å²) in [6.07, 6.45) is -8.82. The second-order valence-corrected chi connectivity index (χ2v) is 6.38. The Balaban J connectivity index is 1.95. The van der Waals surface area contributed by atoms with Gasteiger partial charge < -0.3 is 10.6 Å². The van der Waals surface area contributed by atoms with Gasteiger partial charge in [0.2, 0.25) is 5.91 Å². The zero-order chi connectivity index (χ0) is 21.4. The number of carbonyl (C=O) groups excluding carboxylic acids is 2. The molecule has 2 N–H and O–H groups in total. The summed E-state index contributed by atoms with van der Waals surface area (Å²) in [7, 11) is 0. The first kappa shape index (κ1) is 20.6. The standard InChI is InChI=1S/C18H13F6N3O2/c19-17(20,21)7-10-8-25-4-3-12(10)16(29)26-11-5-9-1-2-14(28)27-15(9)13(6-11)18(22,23)24/h3-6,8H,1-2,7H2,(H,26,29)(H,27,28). The highest BCUT2D eigenvalue weighted by molar-refractivity contribution is 6.05. The third-order valence-electron chi connectivity index (χ3n) is 4.21. The molecule has 1 aromatic heterocycles. The molecular formula is C18H13F6N3O2. The number of fused-ring (bicyclic) bond motifs is 1. The Kier molecular flexibility index (Phi) is 5.24. The Labute approximate surface area is 160 Å². The average molecular weight is 417 g/mol. The van der Waals surface area contributed by atoms with E-state index < -0.39 is 41.7 Å². The van der Waals surface area contributed by atoms with Gasteiger partial charge >= 0.3 is 12.4 Å². The summed E-state index contributed by atoms with van der Waals surface area (Å²) in [6, 6.07) is 2.94. The van der Waals surface area contributed by atoms with Crippen molar-refractivity contribution >= 4 is 23.2 Å². The molecule has 29 heavy (non-hydrogen) atoms. The summed E-state index contributed by atoms with van der Waals surface area (Å²) in [6.45, 7) is 0. The van der Waals surface area contributed by atoms with Gasteiger partial charge in [0.05, 0.1) is 17.7 Å². The summed E-state index contributed by atoms with van der Waals surface area (Å²) in [4.78, 5) is 27.5. The summed E-state index contributed by atoms with van der Waals surface area (Å²) in [5.41, 5.74) is -2.36. The maximum Gasteiger partial charge on any atom is 0.418 e. The van der Waals surface area contributed by atoms with Crippen molar-refractivity contribution in [3.63, 3.8) is 0 Å². The van der Waals surface area contributed by atoms with Crippen molar-refractivity contribution in [2.75, 3.05) is 10.6 Å². The highest BCUT2D eigenvalue weighted by Crippen LogP contribution is 2.40. The van der Waals surface area contributed by atoms with Crippen molar-refractivity contribution in [3.05, 3.63) is 52.8 Å². The molecule has 0 bridgehead atoms. The number of anilines is 2. The van der Waals surface area contributed by atoms with E-state index in [0.29, 0.717) is 6.07 Å². The van der Waals surface area contributed by atoms with Gasteiger partial charge in [0.1, 0.15) is 0 Å². The Hall–Kier alpha value is -3.11. The lowest BCUT2D eigenvalue weighted by Gasteiger charge is -2.23. The van der Waals surface area contributed by atoms with Gasteiger partial charge in [-0.1, -0.05) is 0 Å². The molecule has 2 aromatic rings. The lowest BCUT2D eigenvalue weighted by molar-refractivity contribution is -0.137. The highest BCUT2D eigenvalue weighted by atomic mass is 19.4. The Morgan fingerprint density at radius 1 is 1.14 bits per heavy atom. The van der Waals surface area contributed by atoms with Crippen LogP contribution in [0.2, 0.25) is 0 Å². The van der Waals surface area contributed by atoms with Gasteiger partial charge in [0, 0.05) is 30.1 Å². The van der Waals surface area contributed by atoms with E-state index in [1.807, 2.05) is 0 Å². The van der Waals surface area contributed by atoms with Gasteiger partial charge in [0.15, 0.2) is 0 Å². The van der Waals surface area contributed by atoms with E-state index >= 15 is 0 Å². The first-order valence-electron chi connectivity index (χ1n) is 8.29. The summed E-state index contributed by atoms with van der Waals surface area (Å²) >= 11 is 0. The van der Waals surface area contributed by atoms with E-state index in [4.69, 9.17) is 0 Å². The van der Waals surface area contributed by atoms with Crippen LogP contribution in [-0.2, 0) is 23.8 Å². The number of carbonyl (C=O) groups is 2. The molecule has 2 amide bonds. The second-order valence-electron chi connectivity index (χ2n) is 6.38. The van der Waals surface area contributed by atoms with Crippen LogP contribution in [0.1, 0.15) is 33.5 Å². The molecule has 0 radical (unpaired) electrons. The molecule has 1 aliphatic heterocycles. The van der Waals surface area contributed by atoms with Crippen LogP contribution in [0.4, 0.5) is 37.7 Å². The van der Waals surface area contributed by atoms with Crippen molar-refractivity contribution in [2.24, 2.45) is 0 Å². The van der Waals surface area contributed by atoms with E-state index in [1.54, 1.807) is 0 Å². The number of hydrogen-bond acceptors (Lipinski definition) is 3. The topological polar surface area (TPSA) is 71.1 Å². The molecule has 0 unspecified atom stereocenters. The first-order chi connectivity index (χ1) is 13.4. The molecule has 3 rings (SSSR count). The monoisotopic (exact) mass is 417 g/mol. The summed E-state index contributed by atoms with van der Waals surface area (Å²) < 4.78 is 78.3. The van der Waals surface area contributed by atoms with E-state index in [-0.39, 0.29) is 35.3 Å². The van der Waals surface area contributed by atoms with E-state index in [9.17, 15) is 35.9 Å². The van der Waals surface area contributed by atoms with E-state index in [1.165, 1.54) is 6.07 Å². The zero-order valence-corrected chi connectivity index (χ0v) is 14.5. The van der Waals surface area contributed by atoms with Gasteiger partial charge in [-0.25, -0.2) is 0 Å². The lowest BCUT2D eigenvalue weighted by atomic mass is 9.97. The molecule has 0 saturated heterocycles. The molecule has 1 aromatic carbocycles. The normalized spacial score (nSPS) is 14.2. The third kappa shape index (κ3) is 4.84. The maximum atomic E-state index is 13.4. The maximum absolute atomic E-state index is 13.4. The number of nitrogens with zero attached hydrogens (tertiary/aromatic N) is 1. The van der Waals surface area contributed by atoms with E-state index in [0.717, 1.165) is 18.5 Å². The number of aryl methyl sites for hydroxylation is 1. The molecule has 5 nitrogen and oxygen atoms in total. The predicted octanol–water partition coefficient (Wildman–Crippen LogP) is 4.34. The number of hydrogen-bond donors (Lipinski definition) is 2. The Morgan fingerprint density at radius 3 is 2.52 bits per heavy atom. The van der Waals surface area contributed by atoms with Crippen LogP contribution in [0.15, 0.2) is 30.6 Å². The fraction of sp³-hybridized carbons (Fsp3) is 0.278. The Bertz CT molecular complexity index is 969. The zero-order valence-electron chi connectivity index (χ0n) is 14.5. The number of rotatable bonds is 3. The fourth-order valence-corrected chi connectivity index (χ4v) is 3.00. The van der Waals surface area contributed by atoms with Crippen LogP contribution in [0.25, 0.3) is 0 Å². The van der Waals surface area contributed by atoms with Crippen LogP contribution in [-0.4, -0.2) is 23.0 Å². The van der Waals surface area contributed by atoms with Crippen LogP contribution in [0.3, 0.4) is 0 Å². The van der Waals surface area contributed by atoms with Crippen LogP contribution in [0, 0.1) is 0 Å². The fourth-order valence-electron chi connectivity index (χ4n) is 3.00. The molecule has 0 aliphatic carbocycles. The minimum absolute atomic E-state index is 0.0260. The molecular weight excluding hydrogens is 404 g/mol. The molecule has 2 heterocycles. The van der Waals surface area contributed by atoms with Crippen molar-refractivity contribution in [1.82, 2.24) is 4.98 Å². The van der Waals surface area contributed by atoms with Gasteiger partial charge in [-0.3, -0.25) is 14.6 Å². The molecule has 1 aliphatic rings. The number of halogens is 6. The number of pyridine rings is 1. The van der Waals surface area contributed by atoms with Gasteiger partial charge in [-0.2, -0.15) is 26.3 Å². The van der Waals surface area contributed by atoms with Crippen LogP contribution < -0.4 is 10.6 Å². The highest BCUT2D eigenvalue weighted by Gasteiger charge is 2.37. The largest absolute Gasteiger partial charge is 0.418 e. The molecule has 11 heteroatoms. The number of benzene rings is 1. The Morgan fingerprint density at radius 2 is 1.86 bits per heavy atom. The first-order valence-corrected chi connectivity index (χ1v) is 8.29. The van der Waals surface area contributed by atoms with Gasteiger partial charge in [-0.15, -0.1) is 0 Å². The summed E-state index contributed by atoms with van der Waals surface area (Å²) in [5, 5.41) is 4.39. The minimum Gasteiger partial charge on any atom is -0.325 e. The van der Waals surface area contributed by atoms with Crippen molar-refractivity contribution in [1.29, 1.82) is 0 Å². The van der Waals surface area contributed by atoms with Gasteiger partial charge in [-0.05, 0) is 35.7 Å². The lowest BCUT2D eigenvalue weighted by Crippen LogP contribution is -2.24. The van der Waals surface area contributed by atoms with E-state index in [2.05, 4.69) is 15.6 Å². The molecule has 0 fully saturated rings. The van der Waals surface area contributed by atoms with Crippen molar-refractivity contribution < 1.29 is 35.9 Å². The SMILES string of the molecule is O=C1CCc2cc(NC(=O)c3ccncc3CC(F)(F)F)cc(C(F)(F)F)c2N1. The second kappa shape index (κ2) is 7.37. The number of nitrogens with one attached hydrogen (secondary N) is 2. The molecule has 154 valence electrons. The minimum atomic E-state index is -4.81. The quantitative estimate of drug-likeness (QED) is 0.730. The van der Waals surface area contributed by atoms with Crippen molar-refractivity contribution in [2.45, 2.75) is 31.6 Å². The third-order valence-corrected chi connectivity index (χ3v) is 4.21. The smallest absolute Gasteiger partial charge is 0.325 e. The summed E-state index contributed by atoms with van der Waals surface area (Å²) in [5.74, 6) is -1.56. The van der Waals surface area contributed by atoms with Crippen LogP contribution >= 0.6 is 0 Å². The molecule has 0 saturated carbocycles. The number of aromatic nitrogens is 1. The predicted molar refractivity (Wildman–Crippen MR) is 90.3 cm³/mol. The van der Waals surface area contributed by atoms with Gasteiger partial charge in [0.25, 0.3) is 5.91 Å². The number of amides is 2. The van der Waals surface area contributed by atoms with Crippen LogP contribution in [0.5, 0.6) is 0 Å². The van der Waals surface area contributed by atoms with Crippen molar-refractivity contribution in [3.8, 4) is 0 Å². The molecule has 0 atom stereocenters. The average Bonchev–Trinajstić information content (AvgIpc) is 2.59. The number of alkyl halides is 6.